The Morgan fingerprint density at radius 2 is 2.11 bits per heavy atom. The average Bonchev–Trinajstić information content (AvgIpc) is 3.53. The predicted molar refractivity (Wildman–Crippen MR) is 132 cm³/mol. The summed E-state index contributed by atoms with van der Waals surface area (Å²) >= 11 is 0. The van der Waals surface area contributed by atoms with Gasteiger partial charge in [-0.15, -0.1) is 0 Å². The third-order valence-corrected chi connectivity index (χ3v) is 6.15. The molecule has 1 atom stereocenters. The molecular formula is C25H25FN8O2. The number of pyridine rings is 1. The summed E-state index contributed by atoms with van der Waals surface area (Å²) in [6.45, 7) is 0.497. The maximum absolute atomic E-state index is 13.7. The molecule has 3 aromatic heterocycles. The van der Waals surface area contributed by atoms with Gasteiger partial charge in [0.15, 0.2) is 0 Å². The van der Waals surface area contributed by atoms with Crippen molar-refractivity contribution in [3.05, 3.63) is 84.3 Å². The molecule has 1 amide bonds. The standard InChI is InChI=1S/C25H25FN8O2/c1-33-12-16(11-32-33)15-2-4-20(29-10-15)18(9-27)25(35)34-7-6-21-24(31-14-30-21)22(34)13-36-23-5-3-17(26)8-19(23)28/h2-5,8-12,14,22H,6-7,13,27-28H2,1H3,(H,30,31). The molecule has 1 aliphatic heterocycles. The van der Waals surface area contributed by atoms with Crippen LogP contribution in [-0.2, 0) is 18.3 Å². The van der Waals surface area contributed by atoms with Crippen LogP contribution in [0.5, 0.6) is 5.75 Å². The molecule has 1 aromatic carbocycles. The maximum atomic E-state index is 13.7. The van der Waals surface area contributed by atoms with E-state index in [2.05, 4.69) is 20.1 Å². The number of amides is 1. The van der Waals surface area contributed by atoms with E-state index < -0.39 is 11.9 Å². The fourth-order valence-electron chi connectivity index (χ4n) is 4.30. The molecule has 10 nitrogen and oxygen atoms in total. The zero-order valence-electron chi connectivity index (χ0n) is 19.6. The van der Waals surface area contributed by atoms with Crippen LogP contribution in [-0.4, -0.2) is 48.7 Å². The van der Waals surface area contributed by atoms with E-state index in [1.165, 1.54) is 24.4 Å². The molecule has 36 heavy (non-hydrogen) atoms. The molecule has 0 bridgehead atoms. The first-order valence-electron chi connectivity index (χ1n) is 11.3. The second-order valence-electron chi connectivity index (χ2n) is 8.44. The van der Waals surface area contributed by atoms with E-state index in [4.69, 9.17) is 16.2 Å². The van der Waals surface area contributed by atoms with Crippen molar-refractivity contribution in [2.45, 2.75) is 12.5 Å². The summed E-state index contributed by atoms with van der Waals surface area (Å²) in [5, 5.41) is 4.18. The van der Waals surface area contributed by atoms with Crippen molar-refractivity contribution in [3.63, 3.8) is 0 Å². The molecule has 1 aliphatic rings. The molecule has 184 valence electrons. The highest BCUT2D eigenvalue weighted by Crippen LogP contribution is 2.32. The van der Waals surface area contributed by atoms with E-state index >= 15 is 0 Å². The Kier molecular flexibility index (Phi) is 6.11. The van der Waals surface area contributed by atoms with E-state index in [1.807, 2.05) is 19.3 Å². The van der Waals surface area contributed by atoms with Gasteiger partial charge in [0, 0.05) is 61.5 Å². The normalized spacial score (nSPS) is 15.6. The number of hydrogen-bond acceptors (Lipinski definition) is 7. The van der Waals surface area contributed by atoms with Crippen LogP contribution in [0.15, 0.2) is 61.4 Å². The van der Waals surface area contributed by atoms with E-state index in [9.17, 15) is 9.18 Å². The number of fused-ring (bicyclic) bond motifs is 1. The molecule has 4 heterocycles. The number of halogens is 1. The lowest BCUT2D eigenvalue weighted by atomic mass is 10.0. The molecule has 0 fully saturated rings. The Balaban J connectivity index is 1.39. The van der Waals surface area contributed by atoms with Gasteiger partial charge in [0.05, 0.1) is 35.2 Å². The highest BCUT2D eigenvalue weighted by Gasteiger charge is 2.35. The topological polar surface area (TPSA) is 141 Å². The number of imidazole rings is 1. The van der Waals surface area contributed by atoms with Crippen molar-refractivity contribution >= 4 is 17.2 Å². The summed E-state index contributed by atoms with van der Waals surface area (Å²) in [5.41, 5.74) is 16.1. The highest BCUT2D eigenvalue weighted by molar-refractivity contribution is 6.19. The minimum atomic E-state index is -0.512. The van der Waals surface area contributed by atoms with Gasteiger partial charge in [-0.1, -0.05) is 6.07 Å². The van der Waals surface area contributed by atoms with Gasteiger partial charge in [-0.05, 0) is 18.2 Å². The molecule has 4 aromatic rings. The molecule has 5 rings (SSSR count). The van der Waals surface area contributed by atoms with Gasteiger partial charge in [-0.2, -0.15) is 5.10 Å². The SMILES string of the molecule is Cn1cc(-c2ccc(C(=CN)C(=O)N3CCc4[nH]cnc4C3COc3ccc(F)cc3N)nc2)cn1. The van der Waals surface area contributed by atoms with Crippen LogP contribution in [0.25, 0.3) is 16.7 Å². The third-order valence-electron chi connectivity index (χ3n) is 6.15. The number of aromatic amines is 1. The van der Waals surface area contributed by atoms with E-state index in [1.54, 1.807) is 34.4 Å². The Bertz CT molecular complexity index is 1430. The second kappa shape index (κ2) is 9.53. The average molecular weight is 489 g/mol. The number of anilines is 1. The van der Waals surface area contributed by atoms with Gasteiger partial charge in [0.25, 0.3) is 5.91 Å². The first kappa shape index (κ1) is 23.1. The molecule has 5 N–H and O–H groups in total. The number of nitrogens with two attached hydrogens (primary N) is 2. The quantitative estimate of drug-likeness (QED) is 0.280. The molecule has 0 radical (unpaired) electrons. The first-order chi connectivity index (χ1) is 17.4. The van der Waals surface area contributed by atoms with E-state index in [-0.39, 0.29) is 23.8 Å². The fourth-order valence-corrected chi connectivity index (χ4v) is 4.30. The Hall–Kier alpha value is -4.67. The summed E-state index contributed by atoms with van der Waals surface area (Å²) in [6, 6.07) is 7.04. The highest BCUT2D eigenvalue weighted by atomic mass is 19.1. The largest absolute Gasteiger partial charge is 0.489 e. The number of aromatic nitrogens is 5. The minimum absolute atomic E-state index is 0.0741. The van der Waals surface area contributed by atoms with Crippen LogP contribution in [0.2, 0.25) is 0 Å². The van der Waals surface area contributed by atoms with Crippen molar-refractivity contribution in [1.29, 1.82) is 0 Å². The van der Waals surface area contributed by atoms with E-state index in [0.717, 1.165) is 16.8 Å². The van der Waals surface area contributed by atoms with Gasteiger partial charge >= 0.3 is 0 Å². The van der Waals surface area contributed by atoms with E-state index in [0.29, 0.717) is 30.1 Å². The summed E-state index contributed by atoms with van der Waals surface area (Å²) in [6.07, 6.45) is 8.77. The minimum Gasteiger partial charge on any atom is -0.489 e. The lowest BCUT2D eigenvalue weighted by Gasteiger charge is -2.35. The lowest BCUT2D eigenvalue weighted by molar-refractivity contribution is -0.128. The molecule has 0 spiro atoms. The number of nitrogen functional groups attached to an aromatic ring is 1. The monoisotopic (exact) mass is 488 g/mol. The summed E-state index contributed by atoms with van der Waals surface area (Å²) in [4.78, 5) is 27.4. The first-order valence-corrected chi connectivity index (χ1v) is 11.3. The molecule has 0 aliphatic carbocycles. The van der Waals surface area contributed by atoms with Crippen molar-refractivity contribution < 1.29 is 13.9 Å². The van der Waals surface area contributed by atoms with Crippen molar-refractivity contribution in [1.82, 2.24) is 29.6 Å². The number of rotatable bonds is 6. The zero-order chi connectivity index (χ0) is 25.2. The number of hydrogen-bond donors (Lipinski definition) is 3. The lowest BCUT2D eigenvalue weighted by Crippen LogP contribution is -2.43. The van der Waals surface area contributed by atoms with Crippen LogP contribution in [0.1, 0.15) is 23.1 Å². The maximum Gasteiger partial charge on any atom is 0.258 e. The summed E-state index contributed by atoms with van der Waals surface area (Å²) < 4.78 is 21.1. The number of nitrogens with zero attached hydrogens (tertiary/aromatic N) is 5. The van der Waals surface area contributed by atoms with Crippen LogP contribution in [0.4, 0.5) is 10.1 Å². The Labute approximate surface area is 206 Å². The van der Waals surface area contributed by atoms with Gasteiger partial charge in [0.1, 0.15) is 24.2 Å². The van der Waals surface area contributed by atoms with Gasteiger partial charge < -0.3 is 26.1 Å². The number of carbonyl (C=O) groups is 1. The summed E-state index contributed by atoms with van der Waals surface area (Å²) in [5.74, 6) is -0.425. The predicted octanol–water partition coefficient (Wildman–Crippen LogP) is 2.43. The number of H-pyrrole nitrogens is 1. The Morgan fingerprint density at radius 3 is 2.81 bits per heavy atom. The molecule has 0 saturated heterocycles. The van der Waals surface area contributed by atoms with Crippen LogP contribution < -0.4 is 16.2 Å². The van der Waals surface area contributed by atoms with Gasteiger partial charge in [-0.3, -0.25) is 14.5 Å². The third kappa shape index (κ3) is 4.38. The van der Waals surface area contributed by atoms with Crippen molar-refractivity contribution in [3.8, 4) is 16.9 Å². The van der Waals surface area contributed by atoms with Crippen LogP contribution >= 0.6 is 0 Å². The van der Waals surface area contributed by atoms with Crippen molar-refractivity contribution in [2.24, 2.45) is 12.8 Å². The molecular weight excluding hydrogens is 463 g/mol. The number of ether oxygens (including phenoxy) is 1. The van der Waals surface area contributed by atoms with Crippen LogP contribution in [0, 0.1) is 5.82 Å². The number of nitrogens with one attached hydrogen (secondary N) is 1. The van der Waals surface area contributed by atoms with Gasteiger partial charge in [0.2, 0.25) is 0 Å². The number of aryl methyl sites for hydroxylation is 1. The molecule has 1 unspecified atom stereocenters. The summed E-state index contributed by atoms with van der Waals surface area (Å²) in [7, 11) is 1.84. The number of carbonyl (C=O) groups excluding carboxylic acids is 1. The van der Waals surface area contributed by atoms with Crippen LogP contribution in [0.3, 0.4) is 0 Å². The smallest absolute Gasteiger partial charge is 0.258 e. The molecule has 0 saturated carbocycles. The Morgan fingerprint density at radius 1 is 1.25 bits per heavy atom. The van der Waals surface area contributed by atoms with Gasteiger partial charge in [-0.25, -0.2) is 9.37 Å². The zero-order valence-corrected chi connectivity index (χ0v) is 19.6. The molecule has 11 heteroatoms. The second-order valence-corrected chi connectivity index (χ2v) is 8.44. The number of benzene rings is 1. The fraction of sp³-hybridized carbons (Fsp3) is 0.200. The van der Waals surface area contributed by atoms with Crippen molar-refractivity contribution in [2.75, 3.05) is 18.9 Å².